The maximum absolute atomic E-state index is 13.4. The molecule has 0 atom stereocenters. The molecule has 0 unspecified atom stereocenters. The topological polar surface area (TPSA) is 55.8 Å². The van der Waals surface area contributed by atoms with Gasteiger partial charge in [-0.05, 0) is 77.5 Å². The molecule has 0 bridgehead atoms. The van der Waals surface area contributed by atoms with Crippen LogP contribution in [0.15, 0.2) is 69.6 Å². The average molecular weight is 642 g/mol. The van der Waals surface area contributed by atoms with Crippen LogP contribution in [-0.2, 0) is 16.1 Å². The number of carbonyl (C=O) groups is 2. The summed E-state index contributed by atoms with van der Waals surface area (Å²) in [6.07, 6.45) is 3.12. The number of halogens is 4. The van der Waals surface area contributed by atoms with Gasteiger partial charge in [0.15, 0.2) is 0 Å². The van der Waals surface area contributed by atoms with Crippen molar-refractivity contribution in [2.45, 2.75) is 13.5 Å². The van der Waals surface area contributed by atoms with Crippen LogP contribution in [0, 0.1) is 0 Å². The van der Waals surface area contributed by atoms with Gasteiger partial charge in [-0.3, -0.25) is 4.79 Å². The average Bonchev–Trinajstić information content (AvgIpc) is 2.82. The summed E-state index contributed by atoms with van der Waals surface area (Å²) in [5.41, 5.74) is 2.26. The molecule has 0 heterocycles. The SMILES string of the molecule is CCOC(=O)c1ccc(N(Cc2c(Cl)cccc2Cl)C(=O)/C=C/c2cc(Br)cc(Br)c2OC)cc1. The molecule has 0 radical (unpaired) electrons. The van der Waals surface area contributed by atoms with Gasteiger partial charge >= 0.3 is 5.97 Å². The summed E-state index contributed by atoms with van der Waals surface area (Å²) < 4.78 is 12.1. The van der Waals surface area contributed by atoms with E-state index in [-0.39, 0.29) is 19.1 Å². The van der Waals surface area contributed by atoms with Crippen LogP contribution in [0.5, 0.6) is 5.75 Å². The van der Waals surface area contributed by atoms with Gasteiger partial charge in [0, 0.05) is 37.4 Å². The Morgan fingerprint density at radius 1 is 1.03 bits per heavy atom. The van der Waals surface area contributed by atoms with Crippen LogP contribution in [0.3, 0.4) is 0 Å². The van der Waals surface area contributed by atoms with E-state index in [1.807, 2.05) is 12.1 Å². The molecular formula is C26H21Br2Cl2NO4. The van der Waals surface area contributed by atoms with Crippen LogP contribution >= 0.6 is 55.1 Å². The molecule has 3 aromatic carbocycles. The quantitative estimate of drug-likeness (QED) is 0.185. The Balaban J connectivity index is 1.99. The monoisotopic (exact) mass is 639 g/mol. The van der Waals surface area contributed by atoms with Crippen LogP contribution in [-0.4, -0.2) is 25.6 Å². The second-order valence-electron chi connectivity index (χ2n) is 7.24. The minimum Gasteiger partial charge on any atom is -0.495 e. The molecule has 0 aliphatic rings. The first-order chi connectivity index (χ1) is 16.7. The van der Waals surface area contributed by atoms with Crippen LogP contribution in [0.4, 0.5) is 5.69 Å². The van der Waals surface area contributed by atoms with Crippen LogP contribution < -0.4 is 9.64 Å². The number of benzene rings is 3. The van der Waals surface area contributed by atoms with E-state index in [0.717, 1.165) is 8.95 Å². The van der Waals surface area contributed by atoms with Gasteiger partial charge in [-0.2, -0.15) is 0 Å². The Bertz CT molecular complexity index is 1240. The molecule has 0 aromatic heterocycles. The molecular weight excluding hydrogens is 621 g/mol. The van der Waals surface area contributed by atoms with Crippen molar-refractivity contribution in [3.63, 3.8) is 0 Å². The number of amides is 1. The first kappa shape index (κ1) is 27.3. The largest absolute Gasteiger partial charge is 0.495 e. The number of methoxy groups -OCH3 is 1. The summed E-state index contributed by atoms with van der Waals surface area (Å²) in [7, 11) is 1.56. The highest BCUT2D eigenvalue weighted by atomic mass is 79.9. The molecule has 0 spiro atoms. The van der Waals surface area contributed by atoms with Gasteiger partial charge in [-0.15, -0.1) is 0 Å². The minimum atomic E-state index is -0.432. The van der Waals surface area contributed by atoms with Crippen LogP contribution in [0.25, 0.3) is 6.08 Å². The maximum Gasteiger partial charge on any atom is 0.338 e. The highest BCUT2D eigenvalue weighted by Crippen LogP contribution is 2.34. The van der Waals surface area contributed by atoms with E-state index < -0.39 is 5.97 Å². The zero-order valence-corrected chi connectivity index (χ0v) is 23.5. The lowest BCUT2D eigenvalue weighted by Gasteiger charge is -2.23. The molecule has 182 valence electrons. The van der Waals surface area contributed by atoms with Gasteiger partial charge in [0.05, 0.1) is 30.3 Å². The van der Waals surface area contributed by atoms with E-state index in [4.69, 9.17) is 32.7 Å². The van der Waals surface area contributed by atoms with Gasteiger partial charge in [0.1, 0.15) is 5.75 Å². The highest BCUT2D eigenvalue weighted by molar-refractivity contribution is 9.11. The predicted octanol–water partition coefficient (Wildman–Crippen LogP) is 7.95. The van der Waals surface area contributed by atoms with Crippen molar-refractivity contribution < 1.29 is 19.1 Å². The van der Waals surface area contributed by atoms with Crippen LogP contribution in [0.2, 0.25) is 10.0 Å². The first-order valence-electron chi connectivity index (χ1n) is 10.5. The standard InChI is InChI=1S/C26H21Br2Cl2NO4/c1-3-35-26(33)16-7-10-19(11-8-16)31(15-20-22(29)5-4-6-23(20)30)24(32)12-9-17-13-18(27)14-21(28)25(17)34-2/h4-14H,3,15H2,1-2H3/b12-9+. The predicted molar refractivity (Wildman–Crippen MR) is 147 cm³/mol. The lowest BCUT2D eigenvalue weighted by molar-refractivity contribution is -0.114. The van der Waals surface area contributed by atoms with Gasteiger partial charge in [-0.1, -0.05) is 45.2 Å². The molecule has 0 aliphatic heterocycles. The van der Waals surface area contributed by atoms with E-state index in [2.05, 4.69) is 31.9 Å². The lowest BCUT2D eigenvalue weighted by Crippen LogP contribution is -2.29. The molecule has 9 heteroatoms. The fourth-order valence-corrected chi connectivity index (χ4v) is 5.24. The number of rotatable bonds is 8. The molecule has 0 aliphatic carbocycles. The summed E-state index contributed by atoms with van der Waals surface area (Å²) in [6.45, 7) is 2.14. The summed E-state index contributed by atoms with van der Waals surface area (Å²) >= 11 is 19.7. The molecule has 0 saturated carbocycles. The molecule has 5 nitrogen and oxygen atoms in total. The van der Waals surface area contributed by atoms with Crippen molar-refractivity contribution >= 4 is 78.7 Å². The van der Waals surface area contributed by atoms with E-state index in [9.17, 15) is 9.59 Å². The number of carbonyl (C=O) groups excluding carboxylic acids is 2. The number of nitrogens with zero attached hydrogens (tertiary/aromatic N) is 1. The number of esters is 1. The Morgan fingerprint density at radius 3 is 2.29 bits per heavy atom. The molecule has 1 amide bonds. The first-order valence-corrected chi connectivity index (χ1v) is 12.8. The fraction of sp³-hybridized carbons (Fsp3) is 0.154. The second-order valence-corrected chi connectivity index (χ2v) is 9.82. The molecule has 0 N–H and O–H groups in total. The maximum atomic E-state index is 13.4. The van der Waals surface area contributed by atoms with Gasteiger partial charge in [0.25, 0.3) is 5.91 Å². The van der Waals surface area contributed by atoms with Gasteiger partial charge in [-0.25, -0.2) is 4.79 Å². The number of anilines is 1. The lowest BCUT2D eigenvalue weighted by atomic mass is 10.1. The van der Waals surface area contributed by atoms with Crippen molar-refractivity contribution in [1.82, 2.24) is 0 Å². The molecule has 35 heavy (non-hydrogen) atoms. The summed E-state index contributed by atoms with van der Waals surface area (Å²) in [5.74, 6) is -0.155. The molecule has 3 aromatic rings. The van der Waals surface area contributed by atoms with E-state index in [1.54, 1.807) is 62.6 Å². The number of hydrogen-bond donors (Lipinski definition) is 0. The Morgan fingerprint density at radius 2 is 1.69 bits per heavy atom. The summed E-state index contributed by atoms with van der Waals surface area (Å²) in [6, 6.07) is 15.5. The Labute approximate surface area is 230 Å². The highest BCUT2D eigenvalue weighted by Gasteiger charge is 2.19. The van der Waals surface area contributed by atoms with Crippen LogP contribution in [0.1, 0.15) is 28.4 Å². The third-order valence-electron chi connectivity index (χ3n) is 4.98. The van der Waals surface area contributed by atoms with Crippen molar-refractivity contribution in [3.05, 3.63) is 96.4 Å². The van der Waals surface area contributed by atoms with E-state index in [1.165, 1.54) is 11.0 Å². The van der Waals surface area contributed by atoms with Crippen molar-refractivity contribution in [3.8, 4) is 5.75 Å². The van der Waals surface area contributed by atoms with E-state index >= 15 is 0 Å². The van der Waals surface area contributed by atoms with Crippen molar-refractivity contribution in [2.75, 3.05) is 18.6 Å². The third-order valence-corrected chi connectivity index (χ3v) is 6.74. The molecule has 3 rings (SSSR count). The van der Waals surface area contributed by atoms with Gasteiger partial charge < -0.3 is 14.4 Å². The Hall–Kier alpha value is -2.32. The fourth-order valence-electron chi connectivity index (χ4n) is 3.30. The summed E-state index contributed by atoms with van der Waals surface area (Å²) in [4.78, 5) is 27.0. The smallest absolute Gasteiger partial charge is 0.338 e. The molecule has 0 saturated heterocycles. The third kappa shape index (κ3) is 6.88. The van der Waals surface area contributed by atoms with E-state index in [0.29, 0.717) is 38.2 Å². The minimum absolute atomic E-state index is 0.125. The van der Waals surface area contributed by atoms with Crippen molar-refractivity contribution in [2.24, 2.45) is 0 Å². The number of hydrogen-bond acceptors (Lipinski definition) is 4. The zero-order valence-electron chi connectivity index (χ0n) is 18.9. The number of ether oxygens (including phenoxy) is 2. The molecule has 0 fully saturated rings. The normalized spacial score (nSPS) is 10.9. The van der Waals surface area contributed by atoms with Gasteiger partial charge in [0.2, 0.25) is 0 Å². The summed E-state index contributed by atoms with van der Waals surface area (Å²) in [5, 5.41) is 0.889. The Kier molecular flexibility index (Phi) is 9.80. The second kappa shape index (κ2) is 12.6. The zero-order chi connectivity index (χ0) is 25.5. The van der Waals surface area contributed by atoms with Crippen molar-refractivity contribution in [1.29, 1.82) is 0 Å².